The van der Waals surface area contributed by atoms with Gasteiger partial charge in [0.05, 0.1) is 17.6 Å². The quantitative estimate of drug-likeness (QED) is 0.567. The zero-order valence-corrected chi connectivity index (χ0v) is 10.8. The second kappa shape index (κ2) is 7.03. The molecule has 0 aliphatic heterocycles. The van der Waals surface area contributed by atoms with Gasteiger partial charge in [0.1, 0.15) is 18.5 Å². The molecule has 1 aromatic carbocycles. The van der Waals surface area contributed by atoms with Crippen LogP contribution >= 0.6 is 0 Å². The van der Waals surface area contributed by atoms with E-state index < -0.39 is 17.1 Å². The van der Waals surface area contributed by atoms with Gasteiger partial charge in [0.25, 0.3) is 5.69 Å². The summed E-state index contributed by atoms with van der Waals surface area (Å²) < 4.78 is 10.1. The highest BCUT2D eigenvalue weighted by molar-refractivity contribution is 5.44. The summed E-state index contributed by atoms with van der Waals surface area (Å²) in [6.45, 7) is 1.58. The molecule has 0 saturated heterocycles. The van der Waals surface area contributed by atoms with Gasteiger partial charge in [-0.05, 0) is 13.0 Å². The van der Waals surface area contributed by atoms with E-state index in [0.717, 1.165) is 0 Å². The first kappa shape index (κ1) is 15.4. The number of methoxy groups -OCH3 is 1. The summed E-state index contributed by atoms with van der Waals surface area (Å²) in [5, 5.41) is 29.7. The molecule has 0 saturated carbocycles. The highest BCUT2D eigenvalue weighted by Crippen LogP contribution is 2.29. The van der Waals surface area contributed by atoms with Crippen LogP contribution in [0.3, 0.4) is 0 Å². The molecule has 7 nitrogen and oxygen atoms in total. The average molecular weight is 271 g/mol. The van der Waals surface area contributed by atoms with Gasteiger partial charge < -0.3 is 19.7 Å². The first-order chi connectivity index (χ1) is 8.95. The minimum atomic E-state index is -0.908. The van der Waals surface area contributed by atoms with Gasteiger partial charge in [-0.2, -0.15) is 0 Å². The van der Waals surface area contributed by atoms with E-state index in [2.05, 4.69) is 0 Å². The molecular formula is C12H17NO6. The number of aliphatic hydroxyl groups is 2. The zero-order chi connectivity index (χ0) is 14.4. The zero-order valence-electron chi connectivity index (χ0n) is 10.8. The number of rotatable bonds is 7. The van der Waals surface area contributed by atoms with Crippen molar-refractivity contribution >= 4 is 5.69 Å². The second-order valence-corrected chi connectivity index (χ2v) is 4.08. The Labute approximate surface area is 110 Å². The van der Waals surface area contributed by atoms with Gasteiger partial charge in [0, 0.05) is 24.8 Å². The Kier molecular flexibility index (Phi) is 5.68. The van der Waals surface area contributed by atoms with Gasteiger partial charge in [0.15, 0.2) is 0 Å². The van der Waals surface area contributed by atoms with Crippen LogP contribution in [0.25, 0.3) is 0 Å². The Morgan fingerprint density at radius 1 is 1.37 bits per heavy atom. The van der Waals surface area contributed by atoms with E-state index in [1.807, 2.05) is 0 Å². The van der Waals surface area contributed by atoms with E-state index in [4.69, 9.17) is 9.47 Å². The lowest BCUT2D eigenvalue weighted by Crippen LogP contribution is -2.23. The van der Waals surface area contributed by atoms with Crippen LogP contribution in [0.5, 0.6) is 5.75 Å². The third-order valence-corrected chi connectivity index (χ3v) is 2.44. The van der Waals surface area contributed by atoms with Gasteiger partial charge in [-0.15, -0.1) is 0 Å². The molecule has 1 aromatic rings. The number of non-ortho nitro benzene ring substituents is 1. The molecule has 0 heterocycles. The lowest BCUT2D eigenvalue weighted by atomic mass is 10.1. The molecule has 0 radical (unpaired) electrons. The molecule has 2 N–H and O–H groups in total. The lowest BCUT2D eigenvalue weighted by Gasteiger charge is -2.15. The van der Waals surface area contributed by atoms with E-state index in [-0.39, 0.29) is 18.9 Å². The van der Waals surface area contributed by atoms with Gasteiger partial charge in [-0.25, -0.2) is 0 Å². The smallest absolute Gasteiger partial charge is 0.270 e. The van der Waals surface area contributed by atoms with Gasteiger partial charge in [-0.3, -0.25) is 10.1 Å². The SMILES string of the molecule is COCC(O)COc1ccc([N+](=O)[O-])cc1[C@@H](C)O. The summed E-state index contributed by atoms with van der Waals surface area (Å²) in [4.78, 5) is 10.1. The fourth-order valence-electron chi connectivity index (χ4n) is 1.53. The van der Waals surface area contributed by atoms with Crippen LogP contribution in [-0.2, 0) is 4.74 Å². The molecular weight excluding hydrogens is 254 g/mol. The lowest BCUT2D eigenvalue weighted by molar-refractivity contribution is -0.385. The fourth-order valence-corrected chi connectivity index (χ4v) is 1.53. The van der Waals surface area contributed by atoms with Crippen molar-refractivity contribution in [3.8, 4) is 5.75 Å². The Morgan fingerprint density at radius 2 is 2.05 bits per heavy atom. The Hall–Kier alpha value is -1.70. The standard InChI is InChI=1S/C12H17NO6/c1-8(14)11-5-9(13(16)17)3-4-12(11)19-7-10(15)6-18-2/h3-5,8,10,14-15H,6-7H2,1-2H3/t8-,10?/m1/s1. The third kappa shape index (κ3) is 4.47. The number of hydrogen-bond acceptors (Lipinski definition) is 6. The summed E-state index contributed by atoms with van der Waals surface area (Å²) in [6, 6.07) is 3.94. The summed E-state index contributed by atoms with van der Waals surface area (Å²) >= 11 is 0. The molecule has 2 atom stereocenters. The van der Waals surface area contributed by atoms with Crippen molar-refractivity contribution in [1.29, 1.82) is 0 Å². The van der Waals surface area contributed by atoms with Crippen molar-refractivity contribution < 1.29 is 24.6 Å². The molecule has 0 fully saturated rings. The van der Waals surface area contributed by atoms with Crippen LogP contribution in [0, 0.1) is 10.1 Å². The Morgan fingerprint density at radius 3 is 2.58 bits per heavy atom. The van der Waals surface area contributed by atoms with Crippen LogP contribution in [0.4, 0.5) is 5.69 Å². The third-order valence-electron chi connectivity index (χ3n) is 2.44. The van der Waals surface area contributed by atoms with Crippen molar-refractivity contribution in [2.45, 2.75) is 19.1 Å². The normalized spacial score (nSPS) is 13.9. The van der Waals surface area contributed by atoms with E-state index in [0.29, 0.717) is 11.3 Å². The number of aliphatic hydroxyl groups excluding tert-OH is 2. The van der Waals surface area contributed by atoms with Gasteiger partial charge >= 0.3 is 0 Å². The van der Waals surface area contributed by atoms with Crippen molar-refractivity contribution in [3.05, 3.63) is 33.9 Å². The highest BCUT2D eigenvalue weighted by Gasteiger charge is 2.16. The molecule has 7 heteroatoms. The van der Waals surface area contributed by atoms with Crippen molar-refractivity contribution in [3.63, 3.8) is 0 Å². The number of nitro groups is 1. The van der Waals surface area contributed by atoms with E-state index in [9.17, 15) is 20.3 Å². The molecule has 0 spiro atoms. The van der Waals surface area contributed by atoms with Crippen molar-refractivity contribution in [2.75, 3.05) is 20.3 Å². The Balaban J connectivity index is 2.85. The fraction of sp³-hybridized carbons (Fsp3) is 0.500. The summed E-state index contributed by atoms with van der Waals surface area (Å²) in [6.07, 6.45) is -1.71. The van der Waals surface area contributed by atoms with Crippen molar-refractivity contribution in [2.24, 2.45) is 0 Å². The average Bonchev–Trinajstić information content (AvgIpc) is 2.36. The minimum Gasteiger partial charge on any atom is -0.490 e. The predicted octanol–water partition coefficient (Wildman–Crippen LogP) is 1.03. The van der Waals surface area contributed by atoms with Crippen LogP contribution in [-0.4, -0.2) is 41.6 Å². The monoisotopic (exact) mass is 271 g/mol. The Bertz CT molecular complexity index is 434. The van der Waals surface area contributed by atoms with E-state index in [1.54, 1.807) is 0 Å². The topological polar surface area (TPSA) is 102 Å². The second-order valence-electron chi connectivity index (χ2n) is 4.08. The van der Waals surface area contributed by atoms with Gasteiger partial charge in [0.2, 0.25) is 0 Å². The van der Waals surface area contributed by atoms with E-state index in [1.165, 1.54) is 32.2 Å². The molecule has 0 aliphatic rings. The molecule has 19 heavy (non-hydrogen) atoms. The minimum absolute atomic E-state index is 0.0224. The van der Waals surface area contributed by atoms with Crippen LogP contribution < -0.4 is 4.74 Å². The molecule has 0 bridgehead atoms. The highest BCUT2D eigenvalue weighted by atomic mass is 16.6. The molecule has 0 aliphatic carbocycles. The number of ether oxygens (including phenoxy) is 2. The largest absolute Gasteiger partial charge is 0.490 e. The molecule has 106 valence electrons. The summed E-state index contributed by atoms with van der Waals surface area (Å²) in [5.41, 5.74) is 0.180. The number of nitrogens with zero attached hydrogens (tertiary/aromatic N) is 1. The summed E-state index contributed by atoms with van der Waals surface area (Å²) in [5.74, 6) is 0.302. The van der Waals surface area contributed by atoms with Crippen LogP contribution in [0.15, 0.2) is 18.2 Å². The maximum Gasteiger partial charge on any atom is 0.270 e. The maximum atomic E-state index is 10.7. The van der Waals surface area contributed by atoms with Crippen molar-refractivity contribution in [1.82, 2.24) is 0 Å². The van der Waals surface area contributed by atoms with Gasteiger partial charge in [-0.1, -0.05) is 0 Å². The predicted molar refractivity (Wildman–Crippen MR) is 67.1 cm³/mol. The van der Waals surface area contributed by atoms with E-state index >= 15 is 0 Å². The number of hydrogen-bond donors (Lipinski definition) is 2. The number of nitro benzene ring substituents is 1. The molecule has 1 rings (SSSR count). The molecule has 0 aromatic heterocycles. The maximum absolute atomic E-state index is 10.7. The number of benzene rings is 1. The molecule has 1 unspecified atom stereocenters. The molecule has 0 amide bonds. The van der Waals surface area contributed by atoms with Crippen LogP contribution in [0.1, 0.15) is 18.6 Å². The first-order valence-electron chi connectivity index (χ1n) is 5.72. The first-order valence-corrected chi connectivity index (χ1v) is 5.72. The summed E-state index contributed by atoms with van der Waals surface area (Å²) in [7, 11) is 1.45. The van der Waals surface area contributed by atoms with Crippen LogP contribution in [0.2, 0.25) is 0 Å².